The van der Waals surface area contributed by atoms with Gasteiger partial charge >= 0.3 is 0 Å². The molecule has 0 unspecified atom stereocenters. The van der Waals surface area contributed by atoms with Crippen molar-refractivity contribution in [2.45, 2.75) is 26.1 Å². The number of rotatable bonds is 9. The minimum atomic E-state index is -3.55. The van der Waals surface area contributed by atoms with Crippen LogP contribution in [0.3, 0.4) is 0 Å². The van der Waals surface area contributed by atoms with Gasteiger partial charge in [0.05, 0.1) is 12.8 Å². The lowest BCUT2D eigenvalue weighted by molar-refractivity contribution is -0.140. The maximum atomic E-state index is 12.9. The van der Waals surface area contributed by atoms with Gasteiger partial charge in [0.1, 0.15) is 6.04 Å². The number of likely N-dealkylation sites (N-methyl/N-ethyl adjacent to an activating group) is 1. The molecule has 0 heterocycles. The van der Waals surface area contributed by atoms with Gasteiger partial charge in [-0.3, -0.25) is 9.59 Å². The summed E-state index contributed by atoms with van der Waals surface area (Å²) in [6.07, 6.45) is 1.02. The molecule has 2 aromatic rings. The van der Waals surface area contributed by atoms with Crippen molar-refractivity contribution in [1.82, 2.24) is 14.5 Å². The van der Waals surface area contributed by atoms with Crippen LogP contribution in [-0.4, -0.2) is 55.3 Å². The first-order valence-electron chi connectivity index (χ1n) is 9.44. The Kier molecular flexibility index (Phi) is 8.88. The highest BCUT2D eigenvalue weighted by molar-refractivity contribution is 7.88. The zero-order valence-corrected chi connectivity index (χ0v) is 19.8. The van der Waals surface area contributed by atoms with Crippen molar-refractivity contribution in [3.8, 4) is 0 Å². The Morgan fingerprint density at radius 1 is 0.968 bits per heavy atom. The first kappa shape index (κ1) is 25.1. The third kappa shape index (κ3) is 7.81. The van der Waals surface area contributed by atoms with Gasteiger partial charge in [-0.25, -0.2) is 8.42 Å². The lowest BCUT2D eigenvalue weighted by atomic mass is 10.1. The summed E-state index contributed by atoms with van der Waals surface area (Å²) in [7, 11) is -2.23. The van der Waals surface area contributed by atoms with Gasteiger partial charge in [-0.15, -0.1) is 0 Å². The van der Waals surface area contributed by atoms with E-state index in [1.807, 2.05) is 0 Å². The molecule has 2 aromatic carbocycles. The van der Waals surface area contributed by atoms with Crippen LogP contribution in [0.5, 0.6) is 0 Å². The average Bonchev–Trinajstić information content (AvgIpc) is 2.71. The van der Waals surface area contributed by atoms with Crippen LogP contribution in [-0.2, 0) is 32.7 Å². The molecule has 0 aromatic heterocycles. The maximum absolute atomic E-state index is 12.9. The smallest absolute Gasteiger partial charge is 0.242 e. The molecular weight excluding hydrogens is 461 g/mol. The molecule has 0 spiro atoms. The summed E-state index contributed by atoms with van der Waals surface area (Å²) in [4.78, 5) is 27.0. The zero-order chi connectivity index (χ0) is 23.2. The number of hydrogen-bond acceptors (Lipinski definition) is 4. The van der Waals surface area contributed by atoms with Crippen molar-refractivity contribution in [3.05, 3.63) is 69.7 Å². The molecule has 0 aliphatic heterocycles. The van der Waals surface area contributed by atoms with Crippen LogP contribution in [0, 0.1) is 0 Å². The first-order valence-corrected chi connectivity index (χ1v) is 12.0. The molecule has 7 nitrogen and oxygen atoms in total. The fourth-order valence-electron chi connectivity index (χ4n) is 2.71. The van der Waals surface area contributed by atoms with E-state index in [1.54, 1.807) is 55.5 Å². The number of sulfonamides is 1. The second-order valence-electron chi connectivity index (χ2n) is 7.19. The van der Waals surface area contributed by atoms with Crippen LogP contribution in [0.1, 0.15) is 18.1 Å². The van der Waals surface area contributed by atoms with Gasteiger partial charge in [0.15, 0.2) is 0 Å². The highest BCUT2D eigenvalue weighted by Gasteiger charge is 2.28. The average molecular weight is 486 g/mol. The van der Waals surface area contributed by atoms with E-state index >= 15 is 0 Å². The molecule has 2 amide bonds. The Hall–Kier alpha value is -2.13. The minimum Gasteiger partial charge on any atom is -0.350 e. The molecule has 0 radical (unpaired) electrons. The monoisotopic (exact) mass is 485 g/mol. The molecule has 0 saturated carbocycles. The van der Waals surface area contributed by atoms with E-state index in [-0.39, 0.29) is 25.5 Å². The van der Waals surface area contributed by atoms with Crippen molar-refractivity contribution >= 4 is 45.0 Å². The second-order valence-corrected chi connectivity index (χ2v) is 10.1. The maximum Gasteiger partial charge on any atom is 0.242 e. The summed E-state index contributed by atoms with van der Waals surface area (Å²) >= 11 is 11.8. The molecule has 1 N–H and O–H groups in total. The predicted molar refractivity (Wildman–Crippen MR) is 122 cm³/mol. The Balaban J connectivity index is 2.16. The third-order valence-corrected chi connectivity index (χ3v) is 6.50. The van der Waals surface area contributed by atoms with Crippen LogP contribution < -0.4 is 5.32 Å². The largest absolute Gasteiger partial charge is 0.350 e. The Labute approximate surface area is 193 Å². The number of nitrogens with zero attached hydrogens (tertiary/aromatic N) is 2. The van der Waals surface area contributed by atoms with E-state index in [9.17, 15) is 18.0 Å². The molecule has 0 aliphatic carbocycles. The van der Waals surface area contributed by atoms with Gasteiger partial charge in [-0.2, -0.15) is 4.31 Å². The van der Waals surface area contributed by atoms with E-state index in [0.29, 0.717) is 10.0 Å². The summed E-state index contributed by atoms with van der Waals surface area (Å²) < 4.78 is 24.4. The van der Waals surface area contributed by atoms with Gasteiger partial charge in [-0.05, 0) is 42.3 Å². The summed E-state index contributed by atoms with van der Waals surface area (Å²) in [6.45, 7) is 1.63. The van der Waals surface area contributed by atoms with Gasteiger partial charge in [0.25, 0.3) is 0 Å². The normalized spacial score (nSPS) is 12.5. The number of nitrogens with one attached hydrogen (secondary N) is 1. The van der Waals surface area contributed by atoms with Gasteiger partial charge in [-0.1, -0.05) is 47.5 Å². The van der Waals surface area contributed by atoms with Crippen molar-refractivity contribution in [3.63, 3.8) is 0 Å². The van der Waals surface area contributed by atoms with E-state index in [4.69, 9.17) is 23.2 Å². The van der Waals surface area contributed by atoms with E-state index in [0.717, 1.165) is 21.7 Å². The van der Waals surface area contributed by atoms with E-state index in [1.165, 1.54) is 11.9 Å². The summed E-state index contributed by atoms with van der Waals surface area (Å²) in [5.74, 6) is -0.851. The highest BCUT2D eigenvalue weighted by atomic mass is 35.5. The fourth-order valence-corrected chi connectivity index (χ4v) is 3.30. The molecule has 0 saturated heterocycles. The molecule has 168 valence electrons. The van der Waals surface area contributed by atoms with Crippen LogP contribution in [0.25, 0.3) is 0 Å². The predicted octanol–water partition coefficient (Wildman–Crippen LogP) is 2.92. The van der Waals surface area contributed by atoms with Crippen LogP contribution in [0.4, 0.5) is 0 Å². The van der Waals surface area contributed by atoms with Crippen LogP contribution >= 0.6 is 23.2 Å². The fraction of sp³-hybridized carbons (Fsp3) is 0.333. The summed E-state index contributed by atoms with van der Waals surface area (Å²) in [5.41, 5.74) is 1.62. The highest BCUT2D eigenvalue weighted by Crippen LogP contribution is 2.15. The molecule has 0 fully saturated rings. The number of halogens is 2. The molecule has 2 rings (SSSR count). The first-order chi connectivity index (χ1) is 14.5. The second kappa shape index (κ2) is 10.9. The molecule has 31 heavy (non-hydrogen) atoms. The lowest BCUT2D eigenvalue weighted by Gasteiger charge is -2.30. The molecule has 0 aliphatic rings. The van der Waals surface area contributed by atoms with E-state index in [2.05, 4.69) is 5.32 Å². The number of benzene rings is 2. The van der Waals surface area contributed by atoms with Gasteiger partial charge in [0, 0.05) is 30.2 Å². The van der Waals surface area contributed by atoms with Crippen LogP contribution in [0.2, 0.25) is 10.0 Å². The van der Waals surface area contributed by atoms with Crippen molar-refractivity contribution in [1.29, 1.82) is 0 Å². The number of carbonyl (C=O) groups excluding carboxylic acids is 2. The molecule has 0 bridgehead atoms. The van der Waals surface area contributed by atoms with E-state index < -0.39 is 22.0 Å². The summed E-state index contributed by atoms with van der Waals surface area (Å²) in [5, 5.41) is 3.95. The van der Waals surface area contributed by atoms with Crippen LogP contribution in [0.15, 0.2) is 48.5 Å². The number of amides is 2. The molecular formula is C21H25Cl2N3O4S. The molecule has 1 atom stereocenters. The standard InChI is InChI=1S/C21H25Cl2N3O4S/c1-15(21(28)24-12-16-4-8-18(22)9-5-16)26(13-17-6-10-19(23)11-7-17)20(27)14-25(2)31(3,29)30/h4-11,15H,12-14H2,1-3H3,(H,24,28)/t15-/m1/s1. The Morgan fingerprint density at radius 2 is 1.45 bits per heavy atom. The van der Waals surface area contributed by atoms with Crippen molar-refractivity contribution in [2.24, 2.45) is 0 Å². The zero-order valence-electron chi connectivity index (χ0n) is 17.5. The third-order valence-electron chi connectivity index (χ3n) is 4.74. The van der Waals surface area contributed by atoms with Crippen molar-refractivity contribution < 1.29 is 18.0 Å². The quantitative estimate of drug-likeness (QED) is 0.591. The number of hydrogen-bond donors (Lipinski definition) is 1. The number of carbonyl (C=O) groups is 2. The van der Waals surface area contributed by atoms with Gasteiger partial charge < -0.3 is 10.2 Å². The van der Waals surface area contributed by atoms with Gasteiger partial charge in [0.2, 0.25) is 21.8 Å². The molecule has 10 heteroatoms. The lowest BCUT2D eigenvalue weighted by Crippen LogP contribution is -2.50. The Morgan fingerprint density at radius 3 is 1.94 bits per heavy atom. The SMILES string of the molecule is C[C@H](C(=O)NCc1ccc(Cl)cc1)N(Cc1ccc(Cl)cc1)C(=O)CN(C)S(C)(=O)=O. The Bertz CT molecular complexity index is 1010. The minimum absolute atomic E-state index is 0.128. The van der Waals surface area contributed by atoms with Crippen molar-refractivity contribution in [2.75, 3.05) is 19.8 Å². The topological polar surface area (TPSA) is 86.8 Å². The summed E-state index contributed by atoms with van der Waals surface area (Å²) in [6, 6.07) is 13.1.